The van der Waals surface area contributed by atoms with Crippen molar-refractivity contribution in [1.29, 1.82) is 0 Å². The molecular formula is C19H17N3O4. The van der Waals surface area contributed by atoms with Crippen molar-refractivity contribution in [3.05, 3.63) is 54.1 Å². The number of imide groups is 1. The Balaban J connectivity index is 1.61. The fourth-order valence-corrected chi connectivity index (χ4v) is 3.02. The van der Waals surface area contributed by atoms with Crippen LogP contribution >= 0.6 is 0 Å². The van der Waals surface area contributed by atoms with Gasteiger partial charge in [0, 0.05) is 13.0 Å². The first-order valence-corrected chi connectivity index (χ1v) is 8.26. The fraction of sp³-hybridized carbons (Fsp3) is 0.211. The van der Waals surface area contributed by atoms with Crippen LogP contribution in [0.15, 0.2) is 53.1 Å². The van der Waals surface area contributed by atoms with Gasteiger partial charge in [-0.25, -0.2) is 4.79 Å². The van der Waals surface area contributed by atoms with E-state index in [1.54, 1.807) is 25.3 Å². The van der Waals surface area contributed by atoms with Crippen molar-refractivity contribution < 1.29 is 18.8 Å². The third-order valence-electron chi connectivity index (χ3n) is 4.43. The summed E-state index contributed by atoms with van der Waals surface area (Å²) in [6.45, 7) is 0.487. The first-order chi connectivity index (χ1) is 12.7. The average molecular weight is 351 g/mol. The molecule has 3 amide bonds. The maximum Gasteiger partial charge on any atom is 0.332 e. The smallest absolute Gasteiger partial charge is 0.332 e. The van der Waals surface area contributed by atoms with E-state index in [0.717, 1.165) is 16.7 Å². The van der Waals surface area contributed by atoms with Crippen LogP contribution in [0, 0.1) is 0 Å². The van der Waals surface area contributed by atoms with Crippen molar-refractivity contribution in [2.75, 3.05) is 18.6 Å². The molecule has 0 N–H and O–H groups in total. The molecule has 0 saturated carbocycles. The van der Waals surface area contributed by atoms with Gasteiger partial charge in [-0.05, 0) is 29.8 Å². The van der Waals surface area contributed by atoms with Crippen molar-refractivity contribution in [2.45, 2.75) is 13.0 Å². The fourth-order valence-electron chi connectivity index (χ4n) is 3.02. The Morgan fingerprint density at radius 2 is 1.88 bits per heavy atom. The molecule has 2 heterocycles. The lowest BCUT2D eigenvalue weighted by Crippen LogP contribution is -2.52. The molecule has 7 heteroatoms. The van der Waals surface area contributed by atoms with Crippen LogP contribution in [0.3, 0.4) is 0 Å². The van der Waals surface area contributed by atoms with Gasteiger partial charge in [0.2, 0.25) is 5.91 Å². The highest BCUT2D eigenvalue weighted by atomic mass is 16.5. The van der Waals surface area contributed by atoms with Gasteiger partial charge in [0.1, 0.15) is 5.75 Å². The van der Waals surface area contributed by atoms with Crippen molar-refractivity contribution in [3.63, 3.8) is 0 Å². The molecule has 0 atom stereocenters. The van der Waals surface area contributed by atoms with E-state index in [9.17, 15) is 9.59 Å². The number of anilines is 1. The molecule has 26 heavy (non-hydrogen) atoms. The number of carbonyl (C=O) groups is 2. The van der Waals surface area contributed by atoms with E-state index in [1.807, 2.05) is 30.3 Å². The molecule has 4 rings (SSSR count). The SMILES string of the molecule is COc1ccc(CN2C(=O)CCN(c3noc4ccccc34)C2=O)cc1. The van der Waals surface area contributed by atoms with Gasteiger partial charge in [-0.15, -0.1) is 0 Å². The summed E-state index contributed by atoms with van der Waals surface area (Å²) < 4.78 is 10.4. The van der Waals surface area contributed by atoms with E-state index in [0.29, 0.717) is 11.4 Å². The molecule has 0 radical (unpaired) electrons. The van der Waals surface area contributed by atoms with Gasteiger partial charge < -0.3 is 9.26 Å². The van der Waals surface area contributed by atoms with E-state index in [2.05, 4.69) is 5.16 Å². The van der Waals surface area contributed by atoms with Gasteiger partial charge in [0.05, 0.1) is 19.0 Å². The number of ether oxygens (including phenoxy) is 1. The number of fused-ring (bicyclic) bond motifs is 1. The summed E-state index contributed by atoms with van der Waals surface area (Å²) in [6.07, 6.45) is 0.239. The van der Waals surface area contributed by atoms with E-state index in [-0.39, 0.29) is 25.4 Å². The Morgan fingerprint density at radius 3 is 2.65 bits per heavy atom. The van der Waals surface area contributed by atoms with Gasteiger partial charge >= 0.3 is 6.03 Å². The molecule has 2 aromatic carbocycles. The lowest BCUT2D eigenvalue weighted by atomic mass is 10.1. The molecule has 132 valence electrons. The van der Waals surface area contributed by atoms with Gasteiger partial charge in [-0.1, -0.05) is 29.4 Å². The Labute approximate surface area is 149 Å². The van der Waals surface area contributed by atoms with E-state index in [1.165, 1.54) is 9.80 Å². The van der Waals surface area contributed by atoms with Gasteiger partial charge in [-0.2, -0.15) is 0 Å². The summed E-state index contributed by atoms with van der Waals surface area (Å²) in [4.78, 5) is 28.0. The van der Waals surface area contributed by atoms with Crippen LogP contribution in [0.4, 0.5) is 10.6 Å². The molecule has 0 aliphatic carbocycles. The highest BCUT2D eigenvalue weighted by Crippen LogP contribution is 2.29. The predicted molar refractivity (Wildman–Crippen MR) is 94.9 cm³/mol. The molecule has 0 unspecified atom stereocenters. The average Bonchev–Trinajstić information content (AvgIpc) is 3.10. The van der Waals surface area contributed by atoms with Gasteiger partial charge in [0.15, 0.2) is 11.4 Å². The second kappa shape index (κ2) is 6.51. The van der Waals surface area contributed by atoms with E-state index >= 15 is 0 Å². The Hall–Kier alpha value is -3.35. The summed E-state index contributed by atoms with van der Waals surface area (Å²) in [7, 11) is 1.59. The van der Waals surface area contributed by atoms with Crippen LogP contribution in [0.25, 0.3) is 11.0 Å². The summed E-state index contributed by atoms with van der Waals surface area (Å²) in [5.74, 6) is 0.966. The number of benzene rings is 2. The number of hydrogen-bond acceptors (Lipinski definition) is 5. The molecule has 0 spiro atoms. The minimum atomic E-state index is -0.392. The molecule has 7 nitrogen and oxygen atoms in total. The molecule has 1 saturated heterocycles. The number of para-hydroxylation sites is 1. The van der Waals surface area contributed by atoms with Crippen molar-refractivity contribution >= 4 is 28.7 Å². The zero-order valence-corrected chi connectivity index (χ0v) is 14.2. The normalized spacial score (nSPS) is 15.0. The number of methoxy groups -OCH3 is 1. The molecule has 1 aliphatic heterocycles. The monoisotopic (exact) mass is 351 g/mol. The lowest BCUT2D eigenvalue weighted by Gasteiger charge is -2.32. The molecule has 3 aromatic rings. The van der Waals surface area contributed by atoms with Crippen molar-refractivity contribution in [1.82, 2.24) is 10.1 Å². The van der Waals surface area contributed by atoms with Crippen LogP contribution in [-0.4, -0.2) is 35.6 Å². The second-order valence-corrected chi connectivity index (χ2v) is 6.01. The van der Waals surface area contributed by atoms with Crippen molar-refractivity contribution in [3.8, 4) is 5.75 Å². The topological polar surface area (TPSA) is 75.9 Å². The summed E-state index contributed by atoms with van der Waals surface area (Å²) in [6, 6.07) is 14.2. The molecular weight excluding hydrogens is 334 g/mol. The molecule has 1 aromatic heterocycles. The largest absolute Gasteiger partial charge is 0.497 e. The highest BCUT2D eigenvalue weighted by molar-refractivity contribution is 6.08. The maximum atomic E-state index is 12.9. The van der Waals surface area contributed by atoms with Gasteiger partial charge in [-0.3, -0.25) is 14.6 Å². The molecule has 1 aliphatic rings. The van der Waals surface area contributed by atoms with Gasteiger partial charge in [0.25, 0.3) is 0 Å². The van der Waals surface area contributed by atoms with Crippen LogP contribution in [0.2, 0.25) is 0 Å². The maximum absolute atomic E-state index is 12.9. The van der Waals surface area contributed by atoms with Crippen LogP contribution in [0.5, 0.6) is 5.75 Å². The van der Waals surface area contributed by atoms with Crippen molar-refractivity contribution in [2.24, 2.45) is 0 Å². The Kier molecular flexibility index (Phi) is 4.04. The van der Waals surface area contributed by atoms with Crippen LogP contribution in [0.1, 0.15) is 12.0 Å². The minimum Gasteiger partial charge on any atom is -0.497 e. The number of carbonyl (C=O) groups excluding carboxylic acids is 2. The number of amides is 3. The second-order valence-electron chi connectivity index (χ2n) is 6.01. The summed E-state index contributed by atoms with van der Waals surface area (Å²) in [5, 5.41) is 4.78. The predicted octanol–water partition coefficient (Wildman–Crippen LogP) is 3.20. The molecule has 1 fully saturated rings. The highest BCUT2D eigenvalue weighted by Gasteiger charge is 2.35. The zero-order chi connectivity index (χ0) is 18.1. The quantitative estimate of drug-likeness (QED) is 0.721. The van der Waals surface area contributed by atoms with E-state index < -0.39 is 6.03 Å². The van der Waals surface area contributed by atoms with E-state index in [4.69, 9.17) is 9.26 Å². The zero-order valence-electron chi connectivity index (χ0n) is 14.2. The lowest BCUT2D eigenvalue weighted by molar-refractivity contribution is -0.129. The number of aromatic nitrogens is 1. The standard InChI is InChI=1S/C19H17N3O4/c1-25-14-8-6-13(7-9-14)12-22-17(23)10-11-21(19(22)24)18-15-4-2-3-5-16(15)26-20-18/h2-9H,10-12H2,1H3. The third-order valence-corrected chi connectivity index (χ3v) is 4.43. The Morgan fingerprint density at radius 1 is 1.12 bits per heavy atom. The number of hydrogen-bond donors (Lipinski definition) is 0. The minimum absolute atomic E-state index is 0.199. The Bertz CT molecular complexity index is 964. The summed E-state index contributed by atoms with van der Waals surface area (Å²) >= 11 is 0. The third kappa shape index (κ3) is 2.77. The first kappa shape index (κ1) is 16.1. The summed E-state index contributed by atoms with van der Waals surface area (Å²) in [5.41, 5.74) is 1.45. The molecule has 0 bridgehead atoms. The van der Waals surface area contributed by atoms with Crippen LogP contribution in [-0.2, 0) is 11.3 Å². The number of nitrogens with zero attached hydrogens (tertiary/aromatic N) is 3. The number of urea groups is 1. The number of rotatable bonds is 4. The first-order valence-electron chi connectivity index (χ1n) is 8.26. The van der Waals surface area contributed by atoms with Crippen LogP contribution < -0.4 is 9.64 Å².